The van der Waals surface area contributed by atoms with Crippen molar-refractivity contribution in [2.24, 2.45) is 11.8 Å². The lowest BCUT2D eigenvalue weighted by molar-refractivity contribution is -0.113. The summed E-state index contributed by atoms with van der Waals surface area (Å²) in [4.78, 5) is 30.5. The fourth-order valence-electron chi connectivity index (χ4n) is 4.25. The van der Waals surface area contributed by atoms with E-state index in [0.29, 0.717) is 42.6 Å². The summed E-state index contributed by atoms with van der Waals surface area (Å²) in [6.45, 7) is 5.49. The van der Waals surface area contributed by atoms with Crippen molar-refractivity contribution in [2.75, 3.05) is 27.4 Å². The van der Waals surface area contributed by atoms with E-state index in [2.05, 4.69) is 24.1 Å². The van der Waals surface area contributed by atoms with Gasteiger partial charge in [-0.2, -0.15) is 0 Å². The quantitative estimate of drug-likeness (QED) is 0.155. The highest BCUT2D eigenvalue weighted by Gasteiger charge is 2.28. The molecule has 2 aromatic carbocycles. The molecular formula is C32H40N2O6S. The van der Waals surface area contributed by atoms with E-state index in [0.717, 1.165) is 29.3 Å². The van der Waals surface area contributed by atoms with Gasteiger partial charge in [0.1, 0.15) is 17.7 Å². The van der Waals surface area contributed by atoms with Gasteiger partial charge in [0.15, 0.2) is 11.5 Å². The minimum atomic E-state index is -0.763. The van der Waals surface area contributed by atoms with Crippen LogP contribution in [0.1, 0.15) is 37.8 Å². The molecule has 0 saturated carbocycles. The Morgan fingerprint density at radius 3 is 2.39 bits per heavy atom. The first-order valence-electron chi connectivity index (χ1n) is 13.8. The van der Waals surface area contributed by atoms with Crippen LogP contribution in [0, 0.1) is 11.8 Å². The van der Waals surface area contributed by atoms with Gasteiger partial charge in [-0.1, -0.05) is 56.3 Å². The Morgan fingerprint density at radius 2 is 1.71 bits per heavy atom. The number of rotatable bonds is 16. The molecule has 0 radical (unpaired) electrons. The van der Waals surface area contributed by atoms with Gasteiger partial charge in [-0.3, -0.25) is 4.79 Å². The number of alkyl carbamates (subject to hydrolysis) is 1. The van der Waals surface area contributed by atoms with Gasteiger partial charge >= 0.3 is 6.09 Å². The largest absolute Gasteiger partial charge is 0.493 e. The van der Waals surface area contributed by atoms with E-state index in [1.165, 1.54) is 0 Å². The van der Waals surface area contributed by atoms with Crippen LogP contribution in [0.3, 0.4) is 0 Å². The molecule has 0 aliphatic carbocycles. The van der Waals surface area contributed by atoms with Crippen molar-refractivity contribution in [3.63, 3.8) is 0 Å². The van der Waals surface area contributed by atoms with Crippen LogP contribution < -0.4 is 14.8 Å². The summed E-state index contributed by atoms with van der Waals surface area (Å²) in [5, 5.41) is 3.22. The number of ether oxygens (including phenoxy) is 4. The molecule has 1 heterocycles. The monoisotopic (exact) mass is 580 g/mol. The summed E-state index contributed by atoms with van der Waals surface area (Å²) in [5.74, 6) is 1.65. The fourth-order valence-corrected chi connectivity index (χ4v) is 5.01. The lowest BCUT2D eigenvalue weighted by Gasteiger charge is -2.26. The van der Waals surface area contributed by atoms with Gasteiger partial charge in [0.25, 0.3) is 0 Å². The number of carbonyl (C=O) groups is 2. The smallest absolute Gasteiger partial charge is 0.408 e. The zero-order valence-corrected chi connectivity index (χ0v) is 25.0. The first kappa shape index (κ1) is 32.0. The van der Waals surface area contributed by atoms with Crippen LogP contribution in [-0.2, 0) is 27.3 Å². The van der Waals surface area contributed by atoms with Crippen LogP contribution in [0.25, 0.3) is 0 Å². The van der Waals surface area contributed by atoms with Crippen molar-refractivity contribution < 1.29 is 28.5 Å². The number of nitrogens with one attached hydrogen (secondary N) is 1. The molecule has 3 aromatic rings. The van der Waals surface area contributed by atoms with Gasteiger partial charge in [-0.15, -0.1) is 0 Å². The molecule has 0 aliphatic rings. The number of methoxy groups -OCH3 is 2. The Balaban J connectivity index is 1.74. The Labute approximate surface area is 247 Å². The molecule has 0 aliphatic heterocycles. The summed E-state index contributed by atoms with van der Waals surface area (Å²) in [7, 11) is 3.28. The topological polar surface area (TPSA) is 96.0 Å². The second-order valence-corrected chi connectivity index (χ2v) is 11.0. The number of hydrogen-bond acceptors (Lipinski definition) is 8. The molecule has 1 aromatic heterocycles. The van der Waals surface area contributed by atoms with Gasteiger partial charge in [-0.25, -0.2) is 9.78 Å². The Hall–Kier alpha value is -3.56. The second kappa shape index (κ2) is 17.3. The lowest BCUT2D eigenvalue weighted by atomic mass is 9.84. The number of nitrogens with zero attached hydrogens (tertiary/aromatic N) is 1. The van der Waals surface area contributed by atoms with Crippen LogP contribution in [0.5, 0.6) is 11.5 Å². The Bertz CT molecular complexity index is 1210. The van der Waals surface area contributed by atoms with E-state index >= 15 is 0 Å². The molecule has 8 nitrogen and oxygen atoms in total. The third kappa shape index (κ3) is 11.1. The van der Waals surface area contributed by atoms with Crippen molar-refractivity contribution in [1.29, 1.82) is 0 Å². The third-order valence-corrected chi connectivity index (χ3v) is 7.53. The normalized spacial score (nSPS) is 12.4. The van der Waals surface area contributed by atoms with Gasteiger partial charge < -0.3 is 24.3 Å². The highest BCUT2D eigenvalue weighted by molar-refractivity contribution is 8.13. The molecule has 1 N–H and O–H groups in total. The number of hydrogen-bond donors (Lipinski definition) is 1. The molecule has 3 rings (SSSR count). The second-order valence-electron chi connectivity index (χ2n) is 9.97. The predicted molar refractivity (Wildman–Crippen MR) is 160 cm³/mol. The highest BCUT2D eigenvalue weighted by atomic mass is 32.2. The van der Waals surface area contributed by atoms with Crippen molar-refractivity contribution in [1.82, 2.24) is 10.3 Å². The van der Waals surface area contributed by atoms with Crippen molar-refractivity contribution in [3.05, 3.63) is 84.1 Å². The van der Waals surface area contributed by atoms with E-state index in [4.69, 9.17) is 18.9 Å². The number of pyridine rings is 1. The average Bonchev–Trinajstić information content (AvgIpc) is 2.98. The molecule has 220 valence electrons. The molecule has 0 spiro atoms. The number of benzene rings is 2. The first-order valence-corrected chi connectivity index (χ1v) is 14.6. The maximum absolute atomic E-state index is 13.4. The van der Waals surface area contributed by atoms with Crippen LogP contribution in [-0.4, -0.2) is 49.7 Å². The van der Waals surface area contributed by atoms with Crippen LogP contribution in [0.15, 0.2) is 78.0 Å². The van der Waals surface area contributed by atoms with Gasteiger partial charge in [0, 0.05) is 26.3 Å². The average molecular weight is 581 g/mol. The summed E-state index contributed by atoms with van der Waals surface area (Å²) >= 11 is 1.02. The molecule has 0 unspecified atom stereocenters. The van der Waals surface area contributed by atoms with Crippen molar-refractivity contribution >= 4 is 23.0 Å². The standard InChI is InChI=1S/C32H40N2O6S/c1-23(2)26(19-25-14-15-28(38-4)29(20-25)39-18-10-17-37-3)21-27(31(35)41-30-13-8-9-16-33-30)34-32(36)40-22-24-11-6-5-7-12-24/h5-9,11-16,20,23,26-27H,10,17-19,21-22H2,1-4H3,(H,34,36)/t26-,27-/m0/s1. The lowest BCUT2D eigenvalue weighted by Crippen LogP contribution is -2.42. The predicted octanol–water partition coefficient (Wildman–Crippen LogP) is 6.32. The maximum atomic E-state index is 13.4. The zero-order valence-electron chi connectivity index (χ0n) is 24.2. The van der Waals surface area contributed by atoms with E-state index < -0.39 is 12.1 Å². The Kier molecular flexibility index (Phi) is 13.5. The van der Waals surface area contributed by atoms with E-state index in [-0.39, 0.29) is 23.6 Å². The minimum absolute atomic E-state index is 0.0810. The minimum Gasteiger partial charge on any atom is -0.493 e. The van der Waals surface area contributed by atoms with Gasteiger partial charge in [0.05, 0.1) is 13.7 Å². The Morgan fingerprint density at radius 1 is 0.927 bits per heavy atom. The van der Waals surface area contributed by atoms with E-state index in [1.54, 1.807) is 32.5 Å². The first-order chi connectivity index (χ1) is 19.9. The van der Waals surface area contributed by atoms with E-state index in [1.807, 2.05) is 54.6 Å². The van der Waals surface area contributed by atoms with Gasteiger partial charge in [0.2, 0.25) is 5.12 Å². The van der Waals surface area contributed by atoms with Crippen LogP contribution >= 0.6 is 11.8 Å². The zero-order chi connectivity index (χ0) is 29.5. The summed E-state index contributed by atoms with van der Waals surface area (Å²) in [6.07, 6.45) is 2.90. The van der Waals surface area contributed by atoms with Gasteiger partial charge in [-0.05, 0) is 71.8 Å². The molecule has 0 bridgehead atoms. The summed E-state index contributed by atoms with van der Waals surface area (Å²) < 4.78 is 22.0. The van der Waals surface area contributed by atoms with Crippen molar-refractivity contribution in [2.45, 2.75) is 50.8 Å². The molecular weight excluding hydrogens is 540 g/mol. The van der Waals surface area contributed by atoms with E-state index in [9.17, 15) is 9.59 Å². The molecule has 0 saturated heterocycles. The highest BCUT2D eigenvalue weighted by Crippen LogP contribution is 2.32. The summed E-state index contributed by atoms with van der Waals surface area (Å²) in [5.41, 5.74) is 1.93. The molecule has 2 atom stereocenters. The third-order valence-electron chi connectivity index (χ3n) is 6.59. The maximum Gasteiger partial charge on any atom is 0.408 e. The molecule has 1 amide bonds. The number of aromatic nitrogens is 1. The SMILES string of the molecule is COCCCOc1cc(C[C@@H](C[C@H](NC(=O)OCc2ccccc2)C(=O)Sc2ccccn2)C(C)C)ccc1OC. The number of thioether (sulfide) groups is 1. The fraction of sp³-hybridized carbons (Fsp3) is 0.406. The number of carbonyl (C=O) groups excluding carboxylic acids is 2. The van der Waals surface area contributed by atoms with Crippen LogP contribution in [0.2, 0.25) is 0 Å². The molecule has 9 heteroatoms. The molecule has 41 heavy (non-hydrogen) atoms. The van der Waals surface area contributed by atoms with Crippen LogP contribution in [0.4, 0.5) is 4.79 Å². The summed E-state index contributed by atoms with van der Waals surface area (Å²) in [6, 6.07) is 20.0. The molecule has 0 fully saturated rings. The number of amides is 1. The van der Waals surface area contributed by atoms with Crippen molar-refractivity contribution in [3.8, 4) is 11.5 Å².